The molecule has 2 bridgehead atoms. The summed E-state index contributed by atoms with van der Waals surface area (Å²) in [6, 6.07) is 0. The van der Waals surface area contributed by atoms with Crippen LogP contribution in [-0.4, -0.2) is 35.7 Å². The number of hydrogen-bond donors (Lipinski definition) is 1. The molecule has 1 N–H and O–H groups in total. The molecular formula is C12H14O6. The van der Waals surface area contributed by atoms with Gasteiger partial charge in [0.1, 0.15) is 10.8 Å². The molecule has 3 aliphatic carbocycles. The van der Waals surface area contributed by atoms with Crippen LogP contribution in [0.3, 0.4) is 0 Å². The van der Waals surface area contributed by atoms with E-state index in [2.05, 4.69) is 4.74 Å². The largest absolute Gasteiger partial charge is 0.480 e. The number of ketones is 2. The third-order valence-corrected chi connectivity index (χ3v) is 4.18. The molecule has 3 fully saturated rings. The third-order valence-electron chi connectivity index (χ3n) is 4.18. The smallest absolute Gasteiger partial charge is 0.319 e. The molecule has 0 aromatic carbocycles. The SMILES string of the molecule is COC(=O)C12CCCC(C(=O)O)(CC1=O)C(=O)C2. The average molecular weight is 254 g/mol. The minimum absolute atomic E-state index is 0.117. The van der Waals surface area contributed by atoms with Gasteiger partial charge in [-0.15, -0.1) is 0 Å². The maximum atomic E-state index is 12.1. The van der Waals surface area contributed by atoms with Crippen molar-refractivity contribution in [1.29, 1.82) is 0 Å². The molecule has 18 heavy (non-hydrogen) atoms. The molecule has 0 amide bonds. The lowest BCUT2D eigenvalue weighted by molar-refractivity contribution is -0.171. The van der Waals surface area contributed by atoms with Gasteiger partial charge in [-0.3, -0.25) is 19.2 Å². The highest BCUT2D eigenvalue weighted by Gasteiger charge is 2.63. The highest BCUT2D eigenvalue weighted by atomic mass is 16.5. The average Bonchev–Trinajstić information content (AvgIpc) is 2.56. The fourth-order valence-electron chi connectivity index (χ4n) is 3.02. The number of carbonyl (C=O) groups excluding carboxylic acids is 3. The Balaban J connectivity index is 2.49. The van der Waals surface area contributed by atoms with Crippen LogP contribution in [0.4, 0.5) is 0 Å². The second-order valence-corrected chi connectivity index (χ2v) is 5.01. The maximum Gasteiger partial charge on any atom is 0.319 e. The second-order valence-electron chi connectivity index (χ2n) is 5.01. The number of hydrogen-bond acceptors (Lipinski definition) is 5. The number of carbonyl (C=O) groups is 4. The van der Waals surface area contributed by atoms with Gasteiger partial charge < -0.3 is 9.84 Å². The first kappa shape index (κ1) is 12.7. The Bertz CT molecular complexity index is 453. The van der Waals surface area contributed by atoms with E-state index >= 15 is 0 Å². The van der Waals surface area contributed by atoms with Crippen molar-refractivity contribution in [3.8, 4) is 0 Å². The van der Waals surface area contributed by atoms with E-state index in [1.807, 2.05) is 0 Å². The van der Waals surface area contributed by atoms with Crippen LogP contribution in [0.1, 0.15) is 32.1 Å². The molecule has 0 heterocycles. The zero-order chi connectivity index (χ0) is 13.6. The fraction of sp³-hybridized carbons (Fsp3) is 0.667. The minimum Gasteiger partial charge on any atom is -0.480 e. The molecule has 3 saturated carbocycles. The fourth-order valence-corrected chi connectivity index (χ4v) is 3.02. The van der Waals surface area contributed by atoms with Crippen LogP contribution in [0, 0.1) is 10.8 Å². The van der Waals surface area contributed by atoms with Gasteiger partial charge in [-0.1, -0.05) is 6.42 Å². The van der Waals surface area contributed by atoms with Crippen molar-refractivity contribution in [2.75, 3.05) is 7.11 Å². The monoisotopic (exact) mass is 254 g/mol. The summed E-state index contributed by atoms with van der Waals surface area (Å²) in [4.78, 5) is 47.3. The summed E-state index contributed by atoms with van der Waals surface area (Å²) in [6.07, 6.45) is -0.0646. The van der Waals surface area contributed by atoms with Gasteiger partial charge in [-0.2, -0.15) is 0 Å². The summed E-state index contributed by atoms with van der Waals surface area (Å²) in [6.45, 7) is 0. The number of Topliss-reactive ketones (excluding diaryl/α,β-unsaturated/α-hetero) is 2. The molecule has 0 aliphatic heterocycles. The molecule has 0 radical (unpaired) electrons. The summed E-state index contributed by atoms with van der Waals surface area (Å²) in [5, 5.41) is 9.22. The van der Waals surface area contributed by atoms with Crippen molar-refractivity contribution in [1.82, 2.24) is 0 Å². The zero-order valence-electron chi connectivity index (χ0n) is 10.0. The summed E-state index contributed by atoms with van der Waals surface area (Å²) < 4.78 is 4.62. The molecule has 98 valence electrons. The van der Waals surface area contributed by atoms with E-state index in [-0.39, 0.29) is 19.3 Å². The van der Waals surface area contributed by atoms with Crippen LogP contribution in [0.15, 0.2) is 0 Å². The third kappa shape index (κ3) is 1.41. The number of rotatable bonds is 2. The van der Waals surface area contributed by atoms with E-state index in [1.54, 1.807) is 0 Å². The first-order chi connectivity index (χ1) is 8.39. The summed E-state index contributed by atoms with van der Waals surface area (Å²) in [5.74, 6) is -2.99. The molecule has 0 saturated heterocycles. The van der Waals surface area contributed by atoms with Crippen LogP contribution in [0.5, 0.6) is 0 Å². The van der Waals surface area contributed by atoms with Crippen LogP contribution < -0.4 is 0 Å². The Morgan fingerprint density at radius 2 is 1.61 bits per heavy atom. The van der Waals surface area contributed by atoms with Crippen molar-refractivity contribution < 1.29 is 29.0 Å². The topological polar surface area (TPSA) is 97.7 Å². The summed E-state index contributed by atoms with van der Waals surface area (Å²) in [5.41, 5.74) is -3.06. The van der Waals surface area contributed by atoms with Crippen molar-refractivity contribution in [3.05, 3.63) is 0 Å². The predicted molar refractivity (Wildman–Crippen MR) is 57.6 cm³/mol. The Morgan fingerprint density at radius 1 is 1.11 bits per heavy atom. The van der Waals surface area contributed by atoms with E-state index in [1.165, 1.54) is 7.11 Å². The Hall–Kier alpha value is -1.72. The number of fused-ring (bicyclic) bond motifs is 4. The number of aliphatic carboxylic acids is 1. The zero-order valence-corrected chi connectivity index (χ0v) is 10.0. The quantitative estimate of drug-likeness (QED) is 0.563. The molecule has 0 spiro atoms. The van der Waals surface area contributed by atoms with E-state index in [9.17, 15) is 24.3 Å². The molecule has 2 unspecified atom stereocenters. The Morgan fingerprint density at radius 3 is 2.17 bits per heavy atom. The highest BCUT2D eigenvalue weighted by Crippen LogP contribution is 2.50. The van der Waals surface area contributed by atoms with Gasteiger partial charge in [0.05, 0.1) is 7.11 Å². The van der Waals surface area contributed by atoms with Crippen LogP contribution in [0.2, 0.25) is 0 Å². The second kappa shape index (κ2) is 3.90. The van der Waals surface area contributed by atoms with Crippen LogP contribution in [0.25, 0.3) is 0 Å². The molecule has 6 nitrogen and oxygen atoms in total. The summed E-state index contributed by atoms with van der Waals surface area (Å²) >= 11 is 0. The lowest BCUT2D eigenvalue weighted by Gasteiger charge is -2.35. The van der Waals surface area contributed by atoms with Gasteiger partial charge in [0.2, 0.25) is 0 Å². The van der Waals surface area contributed by atoms with Gasteiger partial charge in [-0.05, 0) is 12.8 Å². The number of methoxy groups -OCH3 is 1. The van der Waals surface area contributed by atoms with E-state index < -0.39 is 40.8 Å². The Kier molecular flexibility index (Phi) is 2.76. The molecule has 0 aromatic rings. The predicted octanol–water partition coefficient (Wildman–Crippen LogP) is 0.333. The molecular weight excluding hydrogens is 240 g/mol. The lowest BCUT2D eigenvalue weighted by Crippen LogP contribution is -2.52. The lowest BCUT2D eigenvalue weighted by atomic mass is 9.63. The van der Waals surface area contributed by atoms with Gasteiger partial charge in [0, 0.05) is 12.8 Å². The van der Waals surface area contributed by atoms with Gasteiger partial charge in [0.15, 0.2) is 11.6 Å². The number of carboxylic acids is 1. The van der Waals surface area contributed by atoms with E-state index in [0.717, 1.165) is 0 Å². The summed E-state index contributed by atoms with van der Waals surface area (Å²) in [7, 11) is 1.17. The van der Waals surface area contributed by atoms with Crippen LogP contribution >= 0.6 is 0 Å². The Labute approximate surface area is 103 Å². The number of ether oxygens (including phenoxy) is 1. The molecule has 0 aromatic heterocycles. The normalized spacial score (nSPS) is 35.2. The van der Waals surface area contributed by atoms with E-state index in [0.29, 0.717) is 6.42 Å². The molecule has 6 heteroatoms. The first-order valence-corrected chi connectivity index (χ1v) is 5.77. The molecule has 2 atom stereocenters. The maximum absolute atomic E-state index is 12.1. The van der Waals surface area contributed by atoms with Crippen LogP contribution in [-0.2, 0) is 23.9 Å². The standard InChI is InChI=1S/C12H14O6/c1-18-10(17)12-4-2-3-11(9(15)16,5-8(12)14)7(13)6-12/h2-6H2,1H3,(H,15,16). The van der Waals surface area contributed by atoms with Gasteiger partial charge in [0.25, 0.3) is 0 Å². The highest BCUT2D eigenvalue weighted by molar-refractivity contribution is 6.18. The molecule has 3 rings (SSSR count). The van der Waals surface area contributed by atoms with Crippen molar-refractivity contribution >= 4 is 23.5 Å². The van der Waals surface area contributed by atoms with Crippen molar-refractivity contribution in [3.63, 3.8) is 0 Å². The molecule has 3 aliphatic rings. The van der Waals surface area contributed by atoms with Gasteiger partial charge >= 0.3 is 11.9 Å². The minimum atomic E-state index is -1.62. The number of carboxylic acid groups (broad SMARTS) is 1. The van der Waals surface area contributed by atoms with E-state index in [4.69, 9.17) is 0 Å². The van der Waals surface area contributed by atoms with Crippen molar-refractivity contribution in [2.24, 2.45) is 10.8 Å². The number of esters is 1. The first-order valence-electron chi connectivity index (χ1n) is 5.77. The van der Waals surface area contributed by atoms with Crippen molar-refractivity contribution in [2.45, 2.75) is 32.1 Å². The van der Waals surface area contributed by atoms with Gasteiger partial charge in [-0.25, -0.2) is 0 Å².